The lowest BCUT2D eigenvalue weighted by atomic mass is 9.83. The molecule has 7 heteroatoms. The number of nitrogens with two attached hydrogens (primary N) is 1. The molecule has 2 aromatic rings. The van der Waals surface area contributed by atoms with E-state index in [9.17, 15) is 10.1 Å². The fraction of sp³-hybridized carbons (Fsp3) is 0.286. The average Bonchev–Trinajstić information content (AvgIpc) is 2.66. The quantitative estimate of drug-likeness (QED) is 0.616. The van der Waals surface area contributed by atoms with Gasteiger partial charge in [-0.05, 0) is 44.0 Å². The Morgan fingerprint density at radius 1 is 1.39 bits per heavy atom. The normalized spacial score (nSPS) is 16.8. The molecule has 0 radical (unpaired) electrons. The smallest absolute Gasteiger partial charge is 0.338 e. The molecule has 0 saturated heterocycles. The number of rotatable bonds is 4. The molecular formula is C21H20ClN3O3. The molecule has 1 aliphatic heterocycles. The molecule has 3 rings (SSSR count). The van der Waals surface area contributed by atoms with Gasteiger partial charge in [0, 0.05) is 10.9 Å². The summed E-state index contributed by atoms with van der Waals surface area (Å²) in [6.45, 7) is 5.57. The van der Waals surface area contributed by atoms with Crippen LogP contribution >= 0.6 is 11.6 Å². The predicted octanol–water partition coefficient (Wildman–Crippen LogP) is 4.10. The Hall–Kier alpha value is -3.04. The molecule has 0 saturated carbocycles. The van der Waals surface area contributed by atoms with Gasteiger partial charge in [-0.2, -0.15) is 5.26 Å². The molecule has 1 aromatic heterocycles. The van der Waals surface area contributed by atoms with Crippen LogP contribution in [-0.4, -0.2) is 17.6 Å². The highest BCUT2D eigenvalue weighted by Crippen LogP contribution is 2.42. The molecule has 0 fully saturated rings. The number of halogens is 1. The van der Waals surface area contributed by atoms with E-state index >= 15 is 0 Å². The van der Waals surface area contributed by atoms with E-state index in [1.807, 2.05) is 30.3 Å². The number of hydrogen-bond acceptors (Lipinski definition) is 6. The number of fused-ring (bicyclic) bond motifs is 1. The van der Waals surface area contributed by atoms with Gasteiger partial charge >= 0.3 is 5.97 Å². The summed E-state index contributed by atoms with van der Waals surface area (Å²) in [4.78, 5) is 17.1. The van der Waals surface area contributed by atoms with Crippen molar-refractivity contribution in [3.63, 3.8) is 0 Å². The molecule has 28 heavy (non-hydrogen) atoms. The number of aryl methyl sites for hydroxylation is 1. The van der Waals surface area contributed by atoms with Crippen LogP contribution in [0.3, 0.4) is 0 Å². The molecular weight excluding hydrogens is 378 g/mol. The van der Waals surface area contributed by atoms with Gasteiger partial charge < -0.3 is 15.2 Å². The number of ether oxygens (including phenoxy) is 2. The average molecular weight is 398 g/mol. The third-order valence-corrected chi connectivity index (χ3v) is 4.98. The Morgan fingerprint density at radius 2 is 2.14 bits per heavy atom. The fourth-order valence-electron chi connectivity index (χ4n) is 3.31. The Balaban J connectivity index is 2.26. The number of benzene rings is 1. The topological polar surface area (TPSA) is 98.2 Å². The monoisotopic (exact) mass is 397 g/mol. The second-order valence-electron chi connectivity index (χ2n) is 6.36. The van der Waals surface area contributed by atoms with Crippen molar-refractivity contribution in [2.45, 2.75) is 33.1 Å². The molecule has 1 aromatic carbocycles. The highest BCUT2D eigenvalue weighted by atomic mass is 35.5. The van der Waals surface area contributed by atoms with Gasteiger partial charge in [0.15, 0.2) is 0 Å². The van der Waals surface area contributed by atoms with Crippen LogP contribution in [0.15, 0.2) is 47.1 Å². The molecule has 0 bridgehead atoms. The standard InChI is InChI=1S/C21H20ClN3O3/c1-4-12-6-7-16-13(8-12)9-14(19(22)25-16)18-15(10-23)20(24)28-11(3)17(18)21(26)27-5-2/h6-9,18H,4-5,24H2,1-3H3/t18-/m1/s1. The van der Waals surface area contributed by atoms with Gasteiger partial charge in [0.25, 0.3) is 0 Å². The number of nitrogens with zero attached hydrogens (tertiary/aromatic N) is 2. The molecule has 0 spiro atoms. The van der Waals surface area contributed by atoms with E-state index in [0.29, 0.717) is 5.56 Å². The molecule has 2 heterocycles. The summed E-state index contributed by atoms with van der Waals surface area (Å²) in [5.41, 5.74) is 8.61. The van der Waals surface area contributed by atoms with E-state index in [4.69, 9.17) is 26.8 Å². The van der Waals surface area contributed by atoms with Crippen LogP contribution in [0, 0.1) is 11.3 Å². The first-order chi connectivity index (χ1) is 13.4. The Bertz CT molecular complexity index is 1070. The Morgan fingerprint density at radius 3 is 2.79 bits per heavy atom. The van der Waals surface area contributed by atoms with E-state index < -0.39 is 11.9 Å². The van der Waals surface area contributed by atoms with Crippen molar-refractivity contribution >= 4 is 28.5 Å². The number of carbonyl (C=O) groups is 1. The van der Waals surface area contributed by atoms with E-state index in [1.54, 1.807) is 13.8 Å². The van der Waals surface area contributed by atoms with Gasteiger partial charge in [0.1, 0.15) is 22.6 Å². The van der Waals surface area contributed by atoms with Crippen LogP contribution in [0.2, 0.25) is 5.15 Å². The zero-order valence-electron chi connectivity index (χ0n) is 15.9. The summed E-state index contributed by atoms with van der Waals surface area (Å²) in [7, 11) is 0. The molecule has 0 amide bonds. The van der Waals surface area contributed by atoms with Gasteiger partial charge in [-0.3, -0.25) is 0 Å². The number of hydrogen-bond donors (Lipinski definition) is 1. The summed E-state index contributed by atoms with van der Waals surface area (Å²) in [5, 5.41) is 10.7. The predicted molar refractivity (Wildman–Crippen MR) is 106 cm³/mol. The van der Waals surface area contributed by atoms with Crippen LogP contribution in [0.1, 0.15) is 37.8 Å². The van der Waals surface area contributed by atoms with E-state index in [1.165, 1.54) is 0 Å². The number of pyridine rings is 1. The van der Waals surface area contributed by atoms with Gasteiger partial charge in [-0.15, -0.1) is 0 Å². The lowest BCUT2D eigenvalue weighted by molar-refractivity contribution is -0.139. The molecule has 1 atom stereocenters. The summed E-state index contributed by atoms with van der Waals surface area (Å²) >= 11 is 6.48. The van der Waals surface area contributed by atoms with E-state index in [2.05, 4.69) is 11.9 Å². The van der Waals surface area contributed by atoms with Crippen molar-refractivity contribution in [3.8, 4) is 6.07 Å². The number of allylic oxidation sites excluding steroid dienone is 2. The molecule has 6 nitrogen and oxygen atoms in total. The third-order valence-electron chi connectivity index (χ3n) is 4.68. The molecule has 1 aliphatic rings. The Labute approximate surface area is 168 Å². The van der Waals surface area contributed by atoms with Crippen LogP contribution in [-0.2, 0) is 20.7 Å². The van der Waals surface area contributed by atoms with Gasteiger partial charge in [0.05, 0.1) is 23.6 Å². The van der Waals surface area contributed by atoms with Crippen LogP contribution in [0.5, 0.6) is 0 Å². The highest BCUT2D eigenvalue weighted by Gasteiger charge is 2.37. The maximum absolute atomic E-state index is 12.6. The van der Waals surface area contributed by atoms with Crippen molar-refractivity contribution in [3.05, 3.63) is 63.3 Å². The summed E-state index contributed by atoms with van der Waals surface area (Å²) < 4.78 is 10.6. The van der Waals surface area contributed by atoms with Crippen molar-refractivity contribution in [2.75, 3.05) is 6.61 Å². The van der Waals surface area contributed by atoms with Crippen LogP contribution in [0.25, 0.3) is 10.9 Å². The maximum Gasteiger partial charge on any atom is 0.338 e. The minimum atomic E-state index is -0.813. The minimum absolute atomic E-state index is 0.0588. The van der Waals surface area contributed by atoms with Crippen molar-refractivity contribution < 1.29 is 14.3 Å². The minimum Gasteiger partial charge on any atom is -0.463 e. The lowest BCUT2D eigenvalue weighted by Gasteiger charge is -2.27. The van der Waals surface area contributed by atoms with Crippen LogP contribution < -0.4 is 5.73 Å². The van der Waals surface area contributed by atoms with Crippen LogP contribution in [0.4, 0.5) is 0 Å². The van der Waals surface area contributed by atoms with Crippen molar-refractivity contribution in [2.24, 2.45) is 5.73 Å². The summed E-state index contributed by atoms with van der Waals surface area (Å²) in [6.07, 6.45) is 0.870. The van der Waals surface area contributed by atoms with Gasteiger partial charge in [-0.1, -0.05) is 24.6 Å². The first-order valence-corrected chi connectivity index (χ1v) is 9.33. The molecule has 0 unspecified atom stereocenters. The molecule has 0 aliphatic carbocycles. The fourth-order valence-corrected chi connectivity index (χ4v) is 3.56. The summed E-state index contributed by atoms with van der Waals surface area (Å²) in [5.74, 6) is -1.17. The maximum atomic E-state index is 12.6. The van der Waals surface area contributed by atoms with E-state index in [0.717, 1.165) is 22.9 Å². The van der Waals surface area contributed by atoms with Crippen molar-refractivity contribution in [1.82, 2.24) is 4.98 Å². The summed E-state index contributed by atoms with van der Waals surface area (Å²) in [6, 6.07) is 9.80. The molecule has 144 valence electrons. The number of nitriles is 1. The SMILES string of the molecule is CCOC(=O)C1=C(C)OC(N)=C(C#N)[C@H]1c1cc2cc(CC)ccc2nc1Cl. The van der Waals surface area contributed by atoms with Gasteiger partial charge in [-0.25, -0.2) is 9.78 Å². The Kier molecular flexibility index (Phi) is 5.57. The van der Waals surface area contributed by atoms with E-state index in [-0.39, 0.29) is 34.5 Å². The zero-order chi connectivity index (χ0) is 20.4. The lowest BCUT2D eigenvalue weighted by Crippen LogP contribution is -2.26. The first-order valence-electron chi connectivity index (χ1n) is 8.95. The second kappa shape index (κ2) is 7.91. The number of carbonyl (C=O) groups excluding carboxylic acids is 1. The first kappa shape index (κ1) is 19.7. The van der Waals surface area contributed by atoms with Crippen molar-refractivity contribution in [1.29, 1.82) is 5.26 Å². The second-order valence-corrected chi connectivity index (χ2v) is 6.72. The number of esters is 1. The third kappa shape index (κ3) is 3.41. The number of aromatic nitrogens is 1. The highest BCUT2D eigenvalue weighted by molar-refractivity contribution is 6.30. The largest absolute Gasteiger partial charge is 0.463 e. The molecule has 2 N–H and O–H groups in total. The van der Waals surface area contributed by atoms with Gasteiger partial charge in [0.2, 0.25) is 5.88 Å². The zero-order valence-corrected chi connectivity index (χ0v) is 16.6.